The molecule has 3 nitrogen and oxygen atoms in total. The number of carbonyl (C=O) groups excluding carboxylic acids is 1. The number of hydrogen-bond acceptors (Lipinski definition) is 3. The van der Waals surface area contributed by atoms with Gasteiger partial charge in [0.1, 0.15) is 0 Å². The minimum Gasteiger partial charge on any atom is -0.291 e. The Bertz CT molecular complexity index is 645. The topological polar surface area (TPSA) is 33.2 Å². The molecule has 110 valence electrons. The van der Waals surface area contributed by atoms with E-state index in [0.29, 0.717) is 6.42 Å². The number of hydrogen-bond donors (Lipinski definition) is 0. The van der Waals surface area contributed by atoms with Crippen molar-refractivity contribution in [1.82, 2.24) is 4.98 Å². The fourth-order valence-electron chi connectivity index (χ4n) is 2.51. The highest BCUT2D eigenvalue weighted by molar-refractivity contribution is 9.10. The number of amides is 1. The first-order valence-corrected chi connectivity index (χ1v) is 8.74. The predicted octanol–water partition coefficient (Wildman–Crippen LogP) is 3.99. The van der Waals surface area contributed by atoms with Gasteiger partial charge in [0.2, 0.25) is 5.91 Å². The maximum Gasteiger partial charge on any atom is 0.232 e. The van der Waals surface area contributed by atoms with E-state index in [0.717, 1.165) is 28.0 Å². The van der Waals surface area contributed by atoms with Crippen molar-refractivity contribution in [3.63, 3.8) is 0 Å². The van der Waals surface area contributed by atoms with Crippen LogP contribution in [-0.2, 0) is 24.1 Å². The van der Waals surface area contributed by atoms with E-state index in [-0.39, 0.29) is 5.91 Å². The minimum absolute atomic E-state index is 0.0768. The number of aryl methyl sites for hydroxylation is 2. The molecule has 0 saturated carbocycles. The third-order valence-corrected chi connectivity index (χ3v) is 5.80. The van der Waals surface area contributed by atoms with Crippen molar-refractivity contribution in [3.05, 3.63) is 44.9 Å². The summed E-state index contributed by atoms with van der Waals surface area (Å²) in [5.41, 5.74) is 2.21. The number of carbonyl (C=O) groups is 1. The molecule has 3 rings (SSSR count). The van der Waals surface area contributed by atoms with Crippen LogP contribution in [0.25, 0.3) is 0 Å². The summed E-state index contributed by atoms with van der Waals surface area (Å²) >= 11 is 5.16. The lowest BCUT2D eigenvalue weighted by atomic mass is 10.0. The van der Waals surface area contributed by atoms with E-state index in [1.807, 2.05) is 31.3 Å². The van der Waals surface area contributed by atoms with E-state index in [4.69, 9.17) is 0 Å². The molecule has 1 aliphatic rings. The van der Waals surface area contributed by atoms with Crippen molar-refractivity contribution in [2.45, 2.75) is 32.1 Å². The average Bonchev–Trinajstić information content (AvgIpc) is 2.92. The number of nitrogens with zero attached hydrogens (tertiary/aromatic N) is 2. The lowest BCUT2D eigenvalue weighted by Gasteiger charge is -2.14. The Morgan fingerprint density at radius 1 is 1.33 bits per heavy atom. The van der Waals surface area contributed by atoms with Gasteiger partial charge in [-0.2, -0.15) is 0 Å². The summed E-state index contributed by atoms with van der Waals surface area (Å²) < 4.78 is 0.977. The van der Waals surface area contributed by atoms with E-state index in [1.165, 1.54) is 23.4 Å². The predicted molar refractivity (Wildman–Crippen MR) is 90.0 cm³/mol. The Kier molecular flexibility index (Phi) is 4.40. The molecule has 0 spiro atoms. The number of fused-ring (bicyclic) bond motifs is 1. The van der Waals surface area contributed by atoms with Gasteiger partial charge in [-0.15, -0.1) is 11.3 Å². The molecule has 2 aromatic rings. The second kappa shape index (κ2) is 6.28. The molecule has 5 heteroatoms. The molecule has 1 heterocycles. The van der Waals surface area contributed by atoms with Crippen LogP contribution in [-0.4, -0.2) is 17.9 Å². The molecular formula is C16H17BrN2OS. The molecule has 0 aliphatic heterocycles. The van der Waals surface area contributed by atoms with E-state index in [9.17, 15) is 4.79 Å². The molecule has 0 N–H and O–H groups in total. The van der Waals surface area contributed by atoms with Crippen LogP contribution in [0.1, 0.15) is 29.0 Å². The summed E-state index contributed by atoms with van der Waals surface area (Å²) in [6.45, 7) is 0. The van der Waals surface area contributed by atoms with Crippen molar-refractivity contribution in [2.75, 3.05) is 11.9 Å². The smallest absolute Gasteiger partial charge is 0.232 e. The average molecular weight is 365 g/mol. The molecule has 21 heavy (non-hydrogen) atoms. The SMILES string of the molecule is CN(C(=O)Cc1ccccc1Br)c1nc2c(s1)CCCC2. The zero-order valence-electron chi connectivity index (χ0n) is 11.9. The maximum atomic E-state index is 12.4. The highest BCUT2D eigenvalue weighted by Gasteiger charge is 2.20. The van der Waals surface area contributed by atoms with Crippen LogP contribution in [0.3, 0.4) is 0 Å². The van der Waals surface area contributed by atoms with Crippen LogP contribution in [0.2, 0.25) is 0 Å². The van der Waals surface area contributed by atoms with Gasteiger partial charge >= 0.3 is 0 Å². The van der Waals surface area contributed by atoms with Crippen LogP contribution >= 0.6 is 27.3 Å². The number of anilines is 1. The summed E-state index contributed by atoms with van der Waals surface area (Å²) in [6, 6.07) is 7.85. The second-order valence-corrected chi connectivity index (χ2v) is 7.21. The van der Waals surface area contributed by atoms with Crippen molar-refractivity contribution in [2.24, 2.45) is 0 Å². The van der Waals surface area contributed by atoms with Gasteiger partial charge in [-0.25, -0.2) is 4.98 Å². The monoisotopic (exact) mass is 364 g/mol. The fourth-order valence-corrected chi connectivity index (χ4v) is 4.06. The van der Waals surface area contributed by atoms with Crippen molar-refractivity contribution < 1.29 is 4.79 Å². The normalized spacial score (nSPS) is 13.8. The number of benzene rings is 1. The highest BCUT2D eigenvalue weighted by Crippen LogP contribution is 2.31. The summed E-state index contributed by atoms with van der Waals surface area (Å²) in [5.74, 6) is 0.0768. The van der Waals surface area contributed by atoms with E-state index < -0.39 is 0 Å². The maximum absolute atomic E-state index is 12.4. The zero-order valence-corrected chi connectivity index (χ0v) is 14.3. The van der Waals surface area contributed by atoms with Crippen LogP contribution < -0.4 is 4.90 Å². The van der Waals surface area contributed by atoms with Gasteiger partial charge in [0.25, 0.3) is 0 Å². The van der Waals surface area contributed by atoms with E-state index in [1.54, 1.807) is 16.2 Å². The Morgan fingerprint density at radius 2 is 2.10 bits per heavy atom. The molecule has 0 radical (unpaired) electrons. The number of rotatable bonds is 3. The van der Waals surface area contributed by atoms with Crippen LogP contribution in [0.15, 0.2) is 28.7 Å². The second-order valence-electron chi connectivity index (χ2n) is 5.29. The minimum atomic E-state index is 0.0768. The fraction of sp³-hybridized carbons (Fsp3) is 0.375. The zero-order chi connectivity index (χ0) is 14.8. The lowest BCUT2D eigenvalue weighted by Crippen LogP contribution is -2.27. The van der Waals surface area contributed by atoms with Crippen molar-refractivity contribution >= 4 is 38.3 Å². The molecule has 0 atom stereocenters. The Hall–Kier alpha value is -1.20. The number of halogens is 1. The van der Waals surface area contributed by atoms with Crippen molar-refractivity contribution in [1.29, 1.82) is 0 Å². The van der Waals surface area contributed by atoms with Crippen LogP contribution in [0.5, 0.6) is 0 Å². The molecule has 1 amide bonds. The first-order valence-electron chi connectivity index (χ1n) is 7.13. The molecule has 1 aromatic carbocycles. The molecule has 0 bridgehead atoms. The first-order chi connectivity index (χ1) is 10.1. The Morgan fingerprint density at radius 3 is 2.86 bits per heavy atom. The van der Waals surface area contributed by atoms with Gasteiger partial charge in [-0.05, 0) is 37.3 Å². The van der Waals surface area contributed by atoms with E-state index in [2.05, 4.69) is 20.9 Å². The lowest BCUT2D eigenvalue weighted by molar-refractivity contribution is -0.117. The summed E-state index contributed by atoms with van der Waals surface area (Å²) in [7, 11) is 1.82. The van der Waals surface area contributed by atoms with Crippen LogP contribution in [0, 0.1) is 0 Å². The molecule has 1 aromatic heterocycles. The number of likely N-dealkylation sites (N-methyl/N-ethyl adjacent to an activating group) is 1. The van der Waals surface area contributed by atoms with Gasteiger partial charge in [0, 0.05) is 16.4 Å². The molecule has 0 saturated heterocycles. The van der Waals surface area contributed by atoms with E-state index >= 15 is 0 Å². The summed E-state index contributed by atoms with van der Waals surface area (Å²) in [5, 5.41) is 0.832. The van der Waals surface area contributed by atoms with Gasteiger partial charge in [0.15, 0.2) is 5.13 Å². The largest absolute Gasteiger partial charge is 0.291 e. The molecular weight excluding hydrogens is 348 g/mol. The van der Waals surface area contributed by atoms with Gasteiger partial charge in [-0.1, -0.05) is 34.1 Å². The highest BCUT2D eigenvalue weighted by atomic mass is 79.9. The molecule has 0 unspecified atom stereocenters. The summed E-state index contributed by atoms with van der Waals surface area (Å²) in [4.78, 5) is 20.2. The van der Waals surface area contributed by atoms with Crippen molar-refractivity contribution in [3.8, 4) is 0 Å². The number of thiazole rings is 1. The van der Waals surface area contributed by atoms with Gasteiger partial charge in [-0.3, -0.25) is 9.69 Å². The molecule has 0 fully saturated rings. The van der Waals surface area contributed by atoms with Gasteiger partial charge in [0.05, 0.1) is 12.1 Å². The number of aromatic nitrogens is 1. The van der Waals surface area contributed by atoms with Gasteiger partial charge < -0.3 is 0 Å². The van der Waals surface area contributed by atoms with Crippen LogP contribution in [0.4, 0.5) is 5.13 Å². The quantitative estimate of drug-likeness (QED) is 0.824. The Balaban J connectivity index is 1.75. The Labute approximate surface area is 137 Å². The standard InChI is InChI=1S/C16H17BrN2OS/c1-19(15(20)10-11-6-2-3-7-12(11)17)16-18-13-8-4-5-9-14(13)21-16/h2-3,6-7H,4-5,8-10H2,1H3. The third-order valence-electron chi connectivity index (χ3n) is 3.79. The first kappa shape index (κ1) is 14.7. The molecule has 1 aliphatic carbocycles. The third kappa shape index (κ3) is 3.19. The summed E-state index contributed by atoms with van der Waals surface area (Å²) in [6.07, 6.45) is 5.01.